The molecule has 2 rings (SSSR count). The molecule has 17 heavy (non-hydrogen) atoms. The van der Waals surface area contributed by atoms with Gasteiger partial charge in [0.2, 0.25) is 0 Å². The highest BCUT2D eigenvalue weighted by Crippen LogP contribution is 2.46. The van der Waals surface area contributed by atoms with Crippen LogP contribution in [-0.2, 0) is 10.4 Å². The highest BCUT2D eigenvalue weighted by atomic mass is 35.5. The summed E-state index contributed by atoms with van der Waals surface area (Å²) in [7, 11) is 0. The van der Waals surface area contributed by atoms with Crippen molar-refractivity contribution in [1.29, 1.82) is 0 Å². The molecule has 0 amide bonds. The molecule has 1 aromatic carbocycles. The number of aliphatic hydroxyl groups is 1. The van der Waals surface area contributed by atoms with Gasteiger partial charge in [-0.15, -0.1) is 0 Å². The van der Waals surface area contributed by atoms with Crippen LogP contribution in [0, 0.1) is 0 Å². The summed E-state index contributed by atoms with van der Waals surface area (Å²) in [5, 5.41) is 18.3. The zero-order valence-electron chi connectivity index (χ0n) is 9.31. The second-order valence-corrected chi connectivity index (χ2v) is 5.28. The van der Waals surface area contributed by atoms with Crippen LogP contribution in [0.5, 0.6) is 5.75 Å². The number of benzene rings is 1. The van der Waals surface area contributed by atoms with Crippen molar-refractivity contribution in [3.63, 3.8) is 0 Å². The molecule has 5 heteroatoms. The van der Waals surface area contributed by atoms with Crippen molar-refractivity contribution in [2.24, 2.45) is 0 Å². The first-order valence-corrected chi connectivity index (χ1v) is 5.62. The zero-order chi connectivity index (χ0) is 12.7. The summed E-state index contributed by atoms with van der Waals surface area (Å²) in [6.45, 7) is 1.61. The van der Waals surface area contributed by atoms with Crippen molar-refractivity contribution in [1.82, 2.24) is 0 Å². The highest BCUT2D eigenvalue weighted by Gasteiger charge is 2.46. The van der Waals surface area contributed by atoms with Crippen LogP contribution >= 0.6 is 11.6 Å². The van der Waals surface area contributed by atoms with Gasteiger partial charge in [-0.3, -0.25) is 4.79 Å². The number of fused-ring (bicyclic) bond motifs is 1. The molecule has 0 radical (unpaired) electrons. The first-order valence-electron chi connectivity index (χ1n) is 5.24. The molecule has 0 saturated heterocycles. The lowest BCUT2D eigenvalue weighted by Crippen LogP contribution is -2.44. The van der Waals surface area contributed by atoms with Crippen LogP contribution in [0.15, 0.2) is 24.3 Å². The standard InChI is InChI=1S/C12H13ClO4/c1-11(13)7-12(16,6-10(14)15)8-4-2-3-5-9(8)17-11/h2-5,16H,6-7H2,1H3,(H,14,15). The van der Waals surface area contributed by atoms with Crippen molar-refractivity contribution >= 4 is 17.6 Å². The van der Waals surface area contributed by atoms with E-state index >= 15 is 0 Å². The number of carboxylic acid groups (broad SMARTS) is 1. The first-order chi connectivity index (χ1) is 7.82. The van der Waals surface area contributed by atoms with Gasteiger partial charge in [0.05, 0.1) is 6.42 Å². The molecular formula is C12H13ClO4. The summed E-state index contributed by atoms with van der Waals surface area (Å²) >= 11 is 6.09. The summed E-state index contributed by atoms with van der Waals surface area (Å²) in [6.07, 6.45) is -0.361. The molecule has 0 fully saturated rings. The lowest BCUT2D eigenvalue weighted by molar-refractivity contribution is -0.145. The van der Waals surface area contributed by atoms with E-state index in [1.54, 1.807) is 31.2 Å². The molecule has 4 nitrogen and oxygen atoms in total. The number of carbonyl (C=O) groups is 1. The molecule has 0 aliphatic carbocycles. The fourth-order valence-corrected chi connectivity index (χ4v) is 2.54. The smallest absolute Gasteiger partial charge is 0.306 e. The maximum atomic E-state index is 10.8. The monoisotopic (exact) mass is 256 g/mol. The number of aliphatic carboxylic acids is 1. The molecule has 0 spiro atoms. The van der Waals surface area contributed by atoms with Crippen molar-refractivity contribution in [3.8, 4) is 5.75 Å². The normalized spacial score (nSPS) is 31.5. The Balaban J connectivity index is 2.49. The Morgan fingerprint density at radius 1 is 1.53 bits per heavy atom. The number of ether oxygens (including phenoxy) is 1. The second kappa shape index (κ2) is 3.89. The molecule has 2 atom stereocenters. The first kappa shape index (κ1) is 12.2. The van der Waals surface area contributed by atoms with Crippen molar-refractivity contribution in [2.45, 2.75) is 30.4 Å². The SMILES string of the molecule is CC1(Cl)CC(O)(CC(=O)O)c2ccccc2O1. The number of para-hydroxylation sites is 1. The number of alkyl halides is 1. The Morgan fingerprint density at radius 3 is 2.82 bits per heavy atom. The fraction of sp³-hybridized carbons (Fsp3) is 0.417. The van der Waals surface area contributed by atoms with Gasteiger partial charge in [-0.25, -0.2) is 0 Å². The van der Waals surface area contributed by atoms with E-state index < -0.39 is 23.1 Å². The van der Waals surface area contributed by atoms with E-state index in [4.69, 9.17) is 21.4 Å². The number of hydrogen-bond acceptors (Lipinski definition) is 3. The summed E-state index contributed by atoms with van der Waals surface area (Å²) < 4.78 is 5.51. The van der Waals surface area contributed by atoms with E-state index in [-0.39, 0.29) is 6.42 Å². The predicted octanol–water partition coefficient (Wildman–Crippen LogP) is 2.09. The van der Waals surface area contributed by atoms with Gasteiger partial charge in [0.25, 0.3) is 0 Å². The number of rotatable bonds is 2. The van der Waals surface area contributed by atoms with Gasteiger partial charge >= 0.3 is 5.97 Å². The minimum absolute atomic E-state index is 0.0326. The van der Waals surface area contributed by atoms with Crippen LogP contribution < -0.4 is 4.74 Å². The minimum atomic E-state index is -1.49. The van der Waals surface area contributed by atoms with E-state index in [9.17, 15) is 9.90 Å². The van der Waals surface area contributed by atoms with Crippen molar-refractivity contribution in [3.05, 3.63) is 29.8 Å². The Labute approximate surface area is 104 Å². The maximum absolute atomic E-state index is 10.8. The van der Waals surface area contributed by atoms with E-state index in [1.165, 1.54) is 0 Å². The molecule has 0 saturated carbocycles. The fourth-order valence-electron chi connectivity index (χ4n) is 2.23. The molecule has 1 aliphatic rings. The number of hydrogen-bond donors (Lipinski definition) is 2. The maximum Gasteiger partial charge on any atom is 0.306 e. The van der Waals surface area contributed by atoms with E-state index in [0.717, 1.165) is 0 Å². The minimum Gasteiger partial charge on any atom is -0.481 e. The van der Waals surface area contributed by atoms with Gasteiger partial charge in [0.1, 0.15) is 11.4 Å². The molecule has 0 aromatic heterocycles. The molecule has 92 valence electrons. The highest BCUT2D eigenvalue weighted by molar-refractivity contribution is 6.23. The molecule has 2 N–H and O–H groups in total. The summed E-state index contributed by atoms with van der Waals surface area (Å²) in [6, 6.07) is 6.80. The van der Waals surface area contributed by atoms with Crippen LogP contribution in [0.1, 0.15) is 25.3 Å². The quantitative estimate of drug-likeness (QED) is 0.795. The van der Waals surface area contributed by atoms with Crippen LogP contribution in [0.25, 0.3) is 0 Å². The predicted molar refractivity (Wildman–Crippen MR) is 62.1 cm³/mol. The Kier molecular flexibility index (Phi) is 2.79. The van der Waals surface area contributed by atoms with Crippen molar-refractivity contribution < 1.29 is 19.7 Å². The second-order valence-electron chi connectivity index (χ2n) is 4.48. The van der Waals surface area contributed by atoms with Gasteiger partial charge in [-0.05, 0) is 13.0 Å². The zero-order valence-corrected chi connectivity index (χ0v) is 10.1. The van der Waals surface area contributed by atoms with Gasteiger partial charge in [0.15, 0.2) is 5.06 Å². The molecule has 2 unspecified atom stereocenters. The molecule has 1 aliphatic heterocycles. The third kappa shape index (κ3) is 2.37. The van der Waals surface area contributed by atoms with Gasteiger partial charge in [-0.2, -0.15) is 0 Å². The summed E-state index contributed by atoms with van der Waals surface area (Å²) in [5.41, 5.74) is -1.02. The molecule has 1 aromatic rings. The lowest BCUT2D eigenvalue weighted by atomic mass is 9.82. The molecular weight excluding hydrogens is 244 g/mol. The van der Waals surface area contributed by atoms with Crippen LogP contribution in [0.4, 0.5) is 0 Å². The van der Waals surface area contributed by atoms with Crippen LogP contribution in [0.3, 0.4) is 0 Å². The number of carboxylic acids is 1. The van der Waals surface area contributed by atoms with E-state index in [1.807, 2.05) is 0 Å². The van der Waals surface area contributed by atoms with Crippen LogP contribution in [0.2, 0.25) is 0 Å². The van der Waals surface area contributed by atoms with Gasteiger partial charge in [0, 0.05) is 12.0 Å². The lowest BCUT2D eigenvalue weighted by Gasteiger charge is -2.40. The average molecular weight is 257 g/mol. The largest absolute Gasteiger partial charge is 0.481 e. The summed E-state index contributed by atoms with van der Waals surface area (Å²) in [4.78, 5) is 10.8. The van der Waals surface area contributed by atoms with Gasteiger partial charge in [-0.1, -0.05) is 29.8 Å². The number of halogens is 1. The Bertz CT molecular complexity index is 458. The third-order valence-electron chi connectivity index (χ3n) is 2.76. The summed E-state index contributed by atoms with van der Waals surface area (Å²) in [5.74, 6) is -0.642. The topological polar surface area (TPSA) is 66.8 Å². The van der Waals surface area contributed by atoms with Crippen molar-refractivity contribution in [2.75, 3.05) is 0 Å². The molecule has 1 heterocycles. The van der Waals surface area contributed by atoms with E-state index in [2.05, 4.69) is 0 Å². The molecule has 0 bridgehead atoms. The Morgan fingerprint density at radius 2 is 2.18 bits per heavy atom. The van der Waals surface area contributed by atoms with E-state index in [0.29, 0.717) is 11.3 Å². The Hall–Kier alpha value is -1.26. The van der Waals surface area contributed by atoms with Gasteiger partial charge < -0.3 is 14.9 Å². The average Bonchev–Trinajstić information content (AvgIpc) is 2.13. The van der Waals surface area contributed by atoms with Crippen LogP contribution in [-0.4, -0.2) is 21.2 Å². The third-order valence-corrected chi connectivity index (χ3v) is 2.97.